The molecule has 0 radical (unpaired) electrons. The number of halogens is 1. The molecule has 1 aromatic heterocycles. The number of methoxy groups -OCH3 is 1. The maximum Gasteiger partial charge on any atom is 0.165 e. The minimum Gasteiger partial charge on any atom is -0.494 e. The first kappa shape index (κ1) is 13.5. The monoisotopic (exact) mass is 263 g/mol. The van der Waals surface area contributed by atoms with Crippen molar-refractivity contribution in [2.24, 2.45) is 12.8 Å². The molecule has 4 nitrogen and oxygen atoms in total. The second-order valence-corrected chi connectivity index (χ2v) is 4.42. The molecule has 102 valence electrons. The fourth-order valence-corrected chi connectivity index (χ4v) is 2.33. The Morgan fingerprint density at radius 1 is 1.42 bits per heavy atom. The van der Waals surface area contributed by atoms with E-state index in [0.29, 0.717) is 13.0 Å². The summed E-state index contributed by atoms with van der Waals surface area (Å²) in [6, 6.07) is 4.94. The highest BCUT2D eigenvalue weighted by Gasteiger charge is 2.16. The Kier molecular flexibility index (Phi) is 3.85. The number of aromatic nitrogens is 2. The first-order valence-corrected chi connectivity index (χ1v) is 6.15. The molecule has 2 N–H and O–H groups in total. The van der Waals surface area contributed by atoms with Crippen LogP contribution in [0.1, 0.15) is 11.4 Å². The lowest BCUT2D eigenvalue weighted by atomic mass is 10.0. The van der Waals surface area contributed by atoms with Crippen molar-refractivity contribution in [3.05, 3.63) is 35.4 Å². The van der Waals surface area contributed by atoms with Gasteiger partial charge in [0.1, 0.15) is 0 Å². The van der Waals surface area contributed by atoms with E-state index in [2.05, 4.69) is 5.10 Å². The third-order valence-electron chi connectivity index (χ3n) is 3.16. The number of ether oxygens (including phenoxy) is 1. The molecular formula is C14H18FN3O. The Morgan fingerprint density at radius 3 is 2.74 bits per heavy atom. The molecule has 1 aromatic carbocycles. The average Bonchev–Trinajstić information content (AvgIpc) is 2.65. The molecule has 2 rings (SSSR count). The largest absolute Gasteiger partial charge is 0.494 e. The summed E-state index contributed by atoms with van der Waals surface area (Å²) >= 11 is 0. The maximum absolute atomic E-state index is 13.8. The van der Waals surface area contributed by atoms with E-state index in [-0.39, 0.29) is 11.6 Å². The Labute approximate surface area is 112 Å². The van der Waals surface area contributed by atoms with Crippen molar-refractivity contribution in [1.29, 1.82) is 0 Å². The lowest BCUT2D eigenvalue weighted by molar-refractivity contribution is 0.386. The Balaban J connectivity index is 2.55. The number of nitrogens with two attached hydrogens (primary N) is 1. The van der Waals surface area contributed by atoms with Crippen molar-refractivity contribution >= 4 is 0 Å². The van der Waals surface area contributed by atoms with Crippen molar-refractivity contribution in [1.82, 2.24) is 9.78 Å². The fraction of sp³-hybridized carbons (Fsp3) is 0.357. The molecule has 0 aliphatic rings. The van der Waals surface area contributed by atoms with Crippen LogP contribution in [0.25, 0.3) is 11.1 Å². The van der Waals surface area contributed by atoms with E-state index in [1.165, 1.54) is 13.2 Å². The van der Waals surface area contributed by atoms with Crippen LogP contribution in [0.2, 0.25) is 0 Å². The third kappa shape index (κ3) is 2.46. The second-order valence-electron chi connectivity index (χ2n) is 4.42. The van der Waals surface area contributed by atoms with Crippen LogP contribution in [-0.2, 0) is 13.5 Å². The summed E-state index contributed by atoms with van der Waals surface area (Å²) in [7, 11) is 3.33. The van der Waals surface area contributed by atoms with Gasteiger partial charge >= 0.3 is 0 Å². The molecule has 0 spiro atoms. The molecule has 0 aliphatic carbocycles. The highest BCUT2D eigenvalue weighted by Crippen LogP contribution is 2.30. The molecule has 19 heavy (non-hydrogen) atoms. The first-order valence-electron chi connectivity index (χ1n) is 6.15. The molecule has 0 bridgehead atoms. The zero-order valence-electron chi connectivity index (χ0n) is 11.4. The SMILES string of the molecule is COc1ccc(-c2c(C)nn(C)c2CCN)cc1F. The Morgan fingerprint density at radius 2 is 2.16 bits per heavy atom. The summed E-state index contributed by atoms with van der Waals surface area (Å²) in [5, 5.41) is 4.39. The van der Waals surface area contributed by atoms with Crippen LogP contribution >= 0.6 is 0 Å². The Bertz CT molecular complexity index is 593. The van der Waals surface area contributed by atoms with Crippen LogP contribution in [0.4, 0.5) is 4.39 Å². The predicted octanol–water partition coefficient (Wildman–Crippen LogP) is 2.04. The van der Waals surface area contributed by atoms with Gasteiger partial charge in [-0.15, -0.1) is 0 Å². The normalized spacial score (nSPS) is 10.8. The molecular weight excluding hydrogens is 245 g/mol. The van der Waals surface area contributed by atoms with E-state index in [0.717, 1.165) is 22.5 Å². The van der Waals surface area contributed by atoms with Gasteiger partial charge in [0.2, 0.25) is 0 Å². The van der Waals surface area contributed by atoms with Crippen molar-refractivity contribution in [3.8, 4) is 16.9 Å². The number of benzene rings is 1. The molecule has 0 aliphatic heterocycles. The van der Waals surface area contributed by atoms with Gasteiger partial charge in [0.05, 0.1) is 12.8 Å². The molecule has 1 heterocycles. The van der Waals surface area contributed by atoms with Crippen molar-refractivity contribution in [3.63, 3.8) is 0 Å². The van der Waals surface area contributed by atoms with Crippen LogP contribution in [0, 0.1) is 12.7 Å². The molecule has 0 atom stereocenters. The van der Waals surface area contributed by atoms with E-state index in [9.17, 15) is 4.39 Å². The van der Waals surface area contributed by atoms with E-state index >= 15 is 0 Å². The number of rotatable bonds is 4. The van der Waals surface area contributed by atoms with Gasteiger partial charge in [-0.2, -0.15) is 5.10 Å². The molecule has 0 saturated carbocycles. The minimum absolute atomic E-state index is 0.241. The summed E-state index contributed by atoms with van der Waals surface area (Å²) in [6.07, 6.45) is 0.709. The van der Waals surface area contributed by atoms with Gasteiger partial charge in [-0.05, 0) is 31.2 Å². The Hall–Kier alpha value is -1.88. The van der Waals surface area contributed by atoms with E-state index in [1.807, 2.05) is 20.0 Å². The van der Waals surface area contributed by atoms with E-state index in [1.54, 1.807) is 10.7 Å². The average molecular weight is 263 g/mol. The van der Waals surface area contributed by atoms with E-state index < -0.39 is 0 Å². The zero-order valence-corrected chi connectivity index (χ0v) is 11.4. The van der Waals surface area contributed by atoms with Crippen LogP contribution in [0.15, 0.2) is 18.2 Å². The van der Waals surface area contributed by atoms with E-state index in [4.69, 9.17) is 10.5 Å². The lowest BCUT2D eigenvalue weighted by Crippen LogP contribution is -2.08. The quantitative estimate of drug-likeness (QED) is 0.918. The predicted molar refractivity (Wildman–Crippen MR) is 72.6 cm³/mol. The van der Waals surface area contributed by atoms with Crippen LogP contribution in [0.5, 0.6) is 5.75 Å². The highest BCUT2D eigenvalue weighted by molar-refractivity contribution is 5.69. The standard InChI is InChI=1S/C14H18FN3O/c1-9-14(12(6-7-16)18(2)17-9)10-4-5-13(19-3)11(15)8-10/h4-5,8H,6-7,16H2,1-3H3. The molecule has 0 amide bonds. The third-order valence-corrected chi connectivity index (χ3v) is 3.16. The summed E-state index contributed by atoms with van der Waals surface area (Å²) in [5.41, 5.74) is 9.27. The number of hydrogen-bond acceptors (Lipinski definition) is 3. The number of hydrogen-bond donors (Lipinski definition) is 1. The molecule has 0 fully saturated rings. The van der Waals surface area contributed by atoms with Gasteiger partial charge in [0, 0.05) is 24.7 Å². The fourth-order valence-electron chi connectivity index (χ4n) is 2.33. The second kappa shape index (κ2) is 5.40. The van der Waals surface area contributed by atoms with Gasteiger partial charge in [-0.3, -0.25) is 4.68 Å². The smallest absolute Gasteiger partial charge is 0.165 e. The van der Waals surface area contributed by atoms with Crippen LogP contribution in [-0.4, -0.2) is 23.4 Å². The summed E-state index contributed by atoms with van der Waals surface area (Å²) in [6.45, 7) is 2.45. The van der Waals surface area contributed by atoms with Gasteiger partial charge in [0.15, 0.2) is 11.6 Å². The van der Waals surface area contributed by atoms with Gasteiger partial charge in [-0.1, -0.05) is 6.07 Å². The van der Waals surface area contributed by atoms with Gasteiger partial charge in [0.25, 0.3) is 0 Å². The summed E-state index contributed by atoms with van der Waals surface area (Å²) < 4.78 is 20.6. The maximum atomic E-state index is 13.8. The van der Waals surface area contributed by atoms with Gasteiger partial charge < -0.3 is 10.5 Å². The summed E-state index contributed by atoms with van der Waals surface area (Å²) in [5.74, 6) is -0.132. The molecule has 0 saturated heterocycles. The van der Waals surface area contributed by atoms with Crippen molar-refractivity contribution < 1.29 is 9.13 Å². The molecule has 0 unspecified atom stereocenters. The van der Waals surface area contributed by atoms with Crippen LogP contribution < -0.4 is 10.5 Å². The zero-order chi connectivity index (χ0) is 14.0. The number of aryl methyl sites for hydroxylation is 2. The highest BCUT2D eigenvalue weighted by atomic mass is 19.1. The van der Waals surface area contributed by atoms with Crippen molar-refractivity contribution in [2.75, 3.05) is 13.7 Å². The minimum atomic E-state index is -0.373. The first-order chi connectivity index (χ1) is 9.08. The molecule has 2 aromatic rings. The molecule has 5 heteroatoms. The topological polar surface area (TPSA) is 53.1 Å². The lowest BCUT2D eigenvalue weighted by Gasteiger charge is -2.08. The van der Waals surface area contributed by atoms with Gasteiger partial charge in [-0.25, -0.2) is 4.39 Å². The number of nitrogens with zero attached hydrogens (tertiary/aromatic N) is 2. The van der Waals surface area contributed by atoms with Crippen molar-refractivity contribution in [2.45, 2.75) is 13.3 Å². The summed E-state index contributed by atoms with van der Waals surface area (Å²) in [4.78, 5) is 0. The van der Waals surface area contributed by atoms with Crippen LogP contribution in [0.3, 0.4) is 0 Å².